The first-order valence-electron chi connectivity index (χ1n) is 13.4. The second-order valence-electron chi connectivity index (χ2n) is 9.01. The number of benzene rings is 3. The van der Waals surface area contributed by atoms with Crippen LogP contribution >= 0.6 is 11.6 Å². The fourth-order valence-corrected chi connectivity index (χ4v) is 4.50. The summed E-state index contributed by atoms with van der Waals surface area (Å²) in [6.07, 6.45) is 1.30. The molecule has 224 valence electrons. The summed E-state index contributed by atoms with van der Waals surface area (Å²) >= 11 is 6.55. The highest BCUT2D eigenvalue weighted by Crippen LogP contribution is 2.39. The molecule has 3 aromatic carbocycles. The number of barbiturate groups is 1. The Morgan fingerprint density at radius 2 is 1.56 bits per heavy atom. The number of halogens is 1. The number of urea groups is 1. The van der Waals surface area contributed by atoms with Crippen LogP contribution < -0.4 is 29.2 Å². The molecule has 11 nitrogen and oxygen atoms in total. The zero-order chi connectivity index (χ0) is 31.1. The molecule has 0 atom stereocenters. The number of ether oxygens (including phenoxy) is 4. The van der Waals surface area contributed by atoms with Gasteiger partial charge in [0.2, 0.25) is 0 Å². The van der Waals surface area contributed by atoms with Gasteiger partial charge < -0.3 is 24.1 Å². The minimum Gasteiger partial charge on any atom is -0.494 e. The van der Waals surface area contributed by atoms with Gasteiger partial charge in [-0.3, -0.25) is 14.9 Å². The molecule has 4 amide bonds. The van der Waals surface area contributed by atoms with Crippen LogP contribution in [0.15, 0.2) is 60.2 Å². The van der Waals surface area contributed by atoms with Crippen molar-refractivity contribution >= 4 is 47.2 Å². The van der Waals surface area contributed by atoms with Gasteiger partial charge in [0.25, 0.3) is 11.8 Å². The zero-order valence-electron chi connectivity index (χ0n) is 23.6. The smallest absolute Gasteiger partial charge is 0.336 e. The molecule has 1 aliphatic heterocycles. The number of imide groups is 2. The van der Waals surface area contributed by atoms with Crippen molar-refractivity contribution in [2.24, 2.45) is 0 Å². The van der Waals surface area contributed by atoms with E-state index in [2.05, 4.69) is 5.32 Å². The van der Waals surface area contributed by atoms with E-state index in [0.717, 1.165) is 4.90 Å². The van der Waals surface area contributed by atoms with Crippen molar-refractivity contribution in [3.63, 3.8) is 0 Å². The summed E-state index contributed by atoms with van der Waals surface area (Å²) in [4.78, 5) is 51.3. The lowest BCUT2D eigenvalue weighted by atomic mass is 10.1. The molecule has 1 aliphatic rings. The first kappa shape index (κ1) is 30.9. The second-order valence-corrected chi connectivity index (χ2v) is 9.41. The molecule has 0 spiro atoms. The number of carbonyl (C=O) groups is 4. The predicted molar refractivity (Wildman–Crippen MR) is 158 cm³/mol. The molecule has 0 saturated carbocycles. The summed E-state index contributed by atoms with van der Waals surface area (Å²) in [5.74, 6) is -1.66. The lowest BCUT2D eigenvalue weighted by Gasteiger charge is -2.28. The largest absolute Gasteiger partial charge is 0.494 e. The Labute approximate surface area is 252 Å². The third-order valence-electron chi connectivity index (χ3n) is 6.11. The molecular formula is C31H29ClN2O9. The van der Waals surface area contributed by atoms with Gasteiger partial charge in [0, 0.05) is 6.07 Å². The summed E-state index contributed by atoms with van der Waals surface area (Å²) in [6, 6.07) is 13.0. The van der Waals surface area contributed by atoms with Gasteiger partial charge in [-0.2, -0.15) is 0 Å². The average molecular weight is 609 g/mol. The number of carboxylic acids is 1. The van der Waals surface area contributed by atoms with Gasteiger partial charge in [-0.1, -0.05) is 23.7 Å². The van der Waals surface area contributed by atoms with Gasteiger partial charge in [0.05, 0.1) is 36.1 Å². The SMILES string of the molecule is CCOc1ccc(OCC)c(N2C(=O)NC(=O)/C(=C\c3cc(Cl)c(OCc4ccc(C(=O)O)cc4)c(OCC)c3)C2=O)c1. The van der Waals surface area contributed by atoms with Gasteiger partial charge in [-0.05, 0) is 74.4 Å². The maximum atomic E-state index is 13.6. The number of aromatic carboxylic acids is 1. The molecule has 43 heavy (non-hydrogen) atoms. The number of carbonyl (C=O) groups excluding carboxylic acids is 3. The minimum atomic E-state index is -1.04. The fraction of sp³-hybridized carbons (Fsp3) is 0.226. The van der Waals surface area contributed by atoms with Crippen LogP contribution in [0.2, 0.25) is 5.02 Å². The van der Waals surface area contributed by atoms with Gasteiger partial charge in [-0.25, -0.2) is 14.5 Å². The van der Waals surface area contributed by atoms with E-state index in [-0.39, 0.29) is 58.9 Å². The molecule has 4 rings (SSSR count). The standard InChI is InChI=1S/C31H29ClN2O9/c1-4-40-21-11-12-25(41-5-2)24(16-21)34-29(36)22(28(35)33-31(34)39)13-19-14-23(32)27(26(15-19)42-6-3)43-17-18-7-9-20(10-8-18)30(37)38/h7-16H,4-6,17H2,1-3H3,(H,37,38)(H,33,35,39)/b22-13+. The Bertz CT molecular complexity index is 1580. The molecule has 3 aromatic rings. The summed E-state index contributed by atoms with van der Waals surface area (Å²) in [6.45, 7) is 6.28. The normalized spacial score (nSPS) is 14.0. The minimum absolute atomic E-state index is 0.0705. The van der Waals surface area contributed by atoms with Crippen molar-refractivity contribution in [1.82, 2.24) is 5.32 Å². The molecule has 1 saturated heterocycles. The molecule has 0 unspecified atom stereocenters. The van der Waals surface area contributed by atoms with E-state index in [9.17, 15) is 19.2 Å². The summed E-state index contributed by atoms with van der Waals surface area (Å²) in [7, 11) is 0. The predicted octanol–water partition coefficient (Wildman–Crippen LogP) is 5.48. The number of rotatable bonds is 12. The average Bonchev–Trinajstić information content (AvgIpc) is 2.96. The Morgan fingerprint density at radius 3 is 2.21 bits per heavy atom. The maximum absolute atomic E-state index is 13.6. The van der Waals surface area contributed by atoms with Crippen molar-refractivity contribution in [3.05, 3.63) is 81.9 Å². The molecule has 1 heterocycles. The Kier molecular flexibility index (Phi) is 9.89. The molecular weight excluding hydrogens is 580 g/mol. The topological polar surface area (TPSA) is 141 Å². The van der Waals surface area contributed by atoms with E-state index in [0.29, 0.717) is 23.5 Å². The van der Waals surface area contributed by atoms with E-state index in [1.165, 1.54) is 30.3 Å². The third-order valence-corrected chi connectivity index (χ3v) is 6.39. The summed E-state index contributed by atoms with van der Waals surface area (Å²) < 4.78 is 22.8. The Hall–Kier alpha value is -5.03. The molecule has 0 aliphatic carbocycles. The Balaban J connectivity index is 1.67. The number of nitrogens with zero attached hydrogens (tertiary/aromatic N) is 1. The van der Waals surface area contributed by atoms with Crippen molar-refractivity contribution in [1.29, 1.82) is 0 Å². The molecule has 1 fully saturated rings. The highest BCUT2D eigenvalue weighted by molar-refractivity contribution is 6.39. The van der Waals surface area contributed by atoms with Gasteiger partial charge in [-0.15, -0.1) is 0 Å². The van der Waals surface area contributed by atoms with Crippen LogP contribution in [-0.2, 0) is 16.2 Å². The quantitative estimate of drug-likeness (QED) is 0.202. The highest BCUT2D eigenvalue weighted by Gasteiger charge is 2.38. The van der Waals surface area contributed by atoms with Crippen LogP contribution in [0.1, 0.15) is 42.3 Å². The van der Waals surface area contributed by atoms with E-state index in [4.69, 9.17) is 35.7 Å². The Morgan fingerprint density at radius 1 is 0.884 bits per heavy atom. The molecule has 12 heteroatoms. The fourth-order valence-electron chi connectivity index (χ4n) is 4.22. The van der Waals surface area contributed by atoms with Gasteiger partial charge in [0.1, 0.15) is 23.7 Å². The lowest BCUT2D eigenvalue weighted by Crippen LogP contribution is -2.54. The number of anilines is 1. The molecule has 0 bridgehead atoms. The third kappa shape index (κ3) is 7.07. The monoisotopic (exact) mass is 608 g/mol. The van der Waals surface area contributed by atoms with Crippen LogP contribution in [0.5, 0.6) is 23.0 Å². The van der Waals surface area contributed by atoms with Crippen molar-refractivity contribution in [2.45, 2.75) is 27.4 Å². The summed E-state index contributed by atoms with van der Waals surface area (Å²) in [5, 5.41) is 11.4. The first-order chi connectivity index (χ1) is 20.7. The van der Waals surface area contributed by atoms with E-state index >= 15 is 0 Å². The van der Waals surface area contributed by atoms with Crippen LogP contribution in [0.3, 0.4) is 0 Å². The van der Waals surface area contributed by atoms with E-state index < -0.39 is 23.8 Å². The summed E-state index contributed by atoms with van der Waals surface area (Å²) in [5.41, 5.74) is 0.972. The van der Waals surface area contributed by atoms with E-state index in [1.807, 2.05) is 0 Å². The van der Waals surface area contributed by atoms with Gasteiger partial charge >= 0.3 is 12.0 Å². The lowest BCUT2D eigenvalue weighted by molar-refractivity contribution is -0.122. The maximum Gasteiger partial charge on any atom is 0.336 e. The second kappa shape index (κ2) is 13.8. The van der Waals surface area contributed by atoms with Crippen LogP contribution in [0.4, 0.5) is 10.5 Å². The van der Waals surface area contributed by atoms with E-state index in [1.54, 1.807) is 51.1 Å². The molecule has 0 radical (unpaired) electrons. The number of amides is 4. The van der Waals surface area contributed by atoms with Crippen LogP contribution in [0.25, 0.3) is 6.08 Å². The molecule has 0 aromatic heterocycles. The number of hydrogen-bond donors (Lipinski definition) is 2. The number of carboxylic acid groups (broad SMARTS) is 1. The first-order valence-corrected chi connectivity index (χ1v) is 13.8. The number of hydrogen-bond acceptors (Lipinski definition) is 8. The van der Waals surface area contributed by atoms with Crippen molar-refractivity contribution < 1.29 is 43.2 Å². The highest BCUT2D eigenvalue weighted by atomic mass is 35.5. The van der Waals surface area contributed by atoms with Crippen LogP contribution in [0, 0.1) is 0 Å². The molecule has 2 N–H and O–H groups in total. The zero-order valence-corrected chi connectivity index (χ0v) is 24.4. The number of nitrogens with one attached hydrogen (secondary N) is 1. The van der Waals surface area contributed by atoms with Gasteiger partial charge in [0.15, 0.2) is 11.5 Å². The van der Waals surface area contributed by atoms with Crippen LogP contribution in [-0.4, -0.2) is 48.7 Å². The van der Waals surface area contributed by atoms with Crippen molar-refractivity contribution in [3.8, 4) is 23.0 Å². The van der Waals surface area contributed by atoms with Crippen molar-refractivity contribution in [2.75, 3.05) is 24.7 Å².